The minimum absolute atomic E-state index is 0.167. The summed E-state index contributed by atoms with van der Waals surface area (Å²) >= 11 is 0. The zero-order chi connectivity index (χ0) is 19.0. The fourth-order valence-electron chi connectivity index (χ4n) is 2.89. The van der Waals surface area contributed by atoms with Crippen molar-refractivity contribution in [2.45, 2.75) is 130 Å². The first kappa shape index (κ1) is 26.9. The van der Waals surface area contributed by atoms with Crippen molar-refractivity contribution >= 4 is 5.78 Å². The molecule has 0 aromatic rings. The average molecular weight is 356 g/mol. The summed E-state index contributed by atoms with van der Waals surface area (Å²) in [5.41, 5.74) is 0. The van der Waals surface area contributed by atoms with E-state index in [1.165, 1.54) is 130 Å². The van der Waals surface area contributed by atoms with Crippen LogP contribution in [0, 0.1) is 0 Å². The number of rotatable bonds is 18. The van der Waals surface area contributed by atoms with Gasteiger partial charge < -0.3 is 10.1 Å². The highest BCUT2D eigenvalue weighted by atomic mass is 16.1. The van der Waals surface area contributed by atoms with Crippen LogP contribution in [0.25, 0.3) is 0 Å². The van der Waals surface area contributed by atoms with Crippen LogP contribution >= 0.6 is 0 Å². The molecule has 0 unspecified atom stereocenters. The van der Waals surface area contributed by atoms with Gasteiger partial charge in [0.25, 0.3) is 0 Å². The Hall–Kier alpha value is -0.370. The molecular weight excluding hydrogens is 306 g/mol. The fraction of sp³-hybridized carbons (Fsp3) is 0.957. The number of hydrogen-bond donors (Lipinski definition) is 1. The van der Waals surface area contributed by atoms with Crippen LogP contribution in [0.2, 0.25) is 0 Å². The first-order chi connectivity index (χ1) is 12.1. The summed E-state index contributed by atoms with van der Waals surface area (Å²) in [6.45, 7) is 10.1. The SMILES string of the molecule is CC(C)=O.CCCCCCCCCCNCCCCCCCCCC. The number of carbonyl (C=O) groups excluding carboxylic acids is 1. The van der Waals surface area contributed by atoms with Crippen LogP contribution in [-0.2, 0) is 4.79 Å². The normalized spacial score (nSPS) is 10.4. The molecule has 2 nitrogen and oxygen atoms in total. The molecule has 0 rings (SSSR count). The van der Waals surface area contributed by atoms with Gasteiger partial charge in [0.2, 0.25) is 0 Å². The third-order valence-corrected chi connectivity index (χ3v) is 4.41. The van der Waals surface area contributed by atoms with Gasteiger partial charge in [0.05, 0.1) is 0 Å². The molecular formula is C23H49NO. The predicted octanol–water partition coefficient (Wildman–Crippen LogP) is 7.45. The second-order valence-corrected chi connectivity index (χ2v) is 7.61. The monoisotopic (exact) mass is 355 g/mol. The zero-order valence-electron chi connectivity index (χ0n) is 18.1. The Kier molecular flexibility index (Phi) is 27.8. The van der Waals surface area contributed by atoms with E-state index in [2.05, 4.69) is 19.2 Å². The van der Waals surface area contributed by atoms with E-state index in [0.29, 0.717) is 0 Å². The standard InChI is InChI=1S/C20H43N.C3H6O/c1-3-5-7-9-11-13-15-17-19-21-20-18-16-14-12-10-8-6-4-2;1-3(2)4/h21H,3-20H2,1-2H3;1-2H3. The highest BCUT2D eigenvalue weighted by Crippen LogP contribution is 2.09. The van der Waals surface area contributed by atoms with Crippen LogP contribution in [-0.4, -0.2) is 18.9 Å². The number of hydrogen-bond acceptors (Lipinski definition) is 2. The van der Waals surface area contributed by atoms with E-state index in [0.717, 1.165) is 0 Å². The van der Waals surface area contributed by atoms with Gasteiger partial charge in [-0.15, -0.1) is 0 Å². The Morgan fingerprint density at radius 1 is 0.520 bits per heavy atom. The van der Waals surface area contributed by atoms with Gasteiger partial charge in [-0.3, -0.25) is 0 Å². The number of Topliss-reactive ketones (excluding diaryl/α,β-unsaturated/α-hetero) is 1. The third kappa shape index (κ3) is 35.6. The van der Waals surface area contributed by atoms with Crippen LogP contribution in [0.15, 0.2) is 0 Å². The van der Waals surface area contributed by atoms with Gasteiger partial charge in [-0.05, 0) is 39.8 Å². The summed E-state index contributed by atoms with van der Waals surface area (Å²) in [5.74, 6) is 0.167. The lowest BCUT2D eigenvalue weighted by atomic mass is 10.1. The summed E-state index contributed by atoms with van der Waals surface area (Å²) in [7, 11) is 0. The van der Waals surface area contributed by atoms with E-state index in [-0.39, 0.29) is 5.78 Å². The molecule has 0 aromatic heterocycles. The van der Waals surface area contributed by atoms with E-state index >= 15 is 0 Å². The van der Waals surface area contributed by atoms with Crippen molar-refractivity contribution in [1.82, 2.24) is 5.32 Å². The summed E-state index contributed by atoms with van der Waals surface area (Å²) in [6.07, 6.45) is 22.8. The Labute approximate surface area is 159 Å². The van der Waals surface area contributed by atoms with Crippen molar-refractivity contribution in [1.29, 1.82) is 0 Å². The van der Waals surface area contributed by atoms with Gasteiger partial charge in [0, 0.05) is 0 Å². The van der Waals surface area contributed by atoms with Crippen molar-refractivity contribution < 1.29 is 4.79 Å². The summed E-state index contributed by atoms with van der Waals surface area (Å²) in [5, 5.41) is 3.61. The van der Waals surface area contributed by atoms with Crippen molar-refractivity contribution in [3.05, 3.63) is 0 Å². The second kappa shape index (κ2) is 25.9. The van der Waals surface area contributed by atoms with Gasteiger partial charge in [0.15, 0.2) is 0 Å². The van der Waals surface area contributed by atoms with Crippen molar-refractivity contribution in [3.8, 4) is 0 Å². The minimum Gasteiger partial charge on any atom is -0.317 e. The Morgan fingerprint density at radius 2 is 0.760 bits per heavy atom. The third-order valence-electron chi connectivity index (χ3n) is 4.41. The largest absolute Gasteiger partial charge is 0.317 e. The summed E-state index contributed by atoms with van der Waals surface area (Å²) < 4.78 is 0. The van der Waals surface area contributed by atoms with Crippen molar-refractivity contribution in [2.75, 3.05) is 13.1 Å². The topological polar surface area (TPSA) is 29.1 Å². The Bertz CT molecular complexity index is 218. The van der Waals surface area contributed by atoms with Gasteiger partial charge in [0.1, 0.15) is 5.78 Å². The Balaban J connectivity index is 0. The molecule has 0 aliphatic heterocycles. The maximum absolute atomic E-state index is 9.44. The highest BCUT2D eigenvalue weighted by Gasteiger charge is 1.93. The molecule has 0 bridgehead atoms. The summed E-state index contributed by atoms with van der Waals surface area (Å²) in [4.78, 5) is 9.44. The lowest BCUT2D eigenvalue weighted by molar-refractivity contribution is -0.114. The lowest BCUT2D eigenvalue weighted by Gasteiger charge is -2.05. The van der Waals surface area contributed by atoms with Gasteiger partial charge in [-0.25, -0.2) is 0 Å². The number of unbranched alkanes of at least 4 members (excludes halogenated alkanes) is 14. The predicted molar refractivity (Wildman–Crippen MR) is 114 cm³/mol. The molecule has 0 amide bonds. The number of ketones is 1. The molecule has 25 heavy (non-hydrogen) atoms. The van der Waals surface area contributed by atoms with Crippen LogP contribution in [0.3, 0.4) is 0 Å². The molecule has 0 atom stereocenters. The molecule has 0 spiro atoms. The van der Waals surface area contributed by atoms with E-state index in [1.54, 1.807) is 0 Å². The molecule has 0 saturated carbocycles. The molecule has 0 aromatic carbocycles. The molecule has 0 fully saturated rings. The summed E-state index contributed by atoms with van der Waals surface area (Å²) in [6, 6.07) is 0. The maximum Gasteiger partial charge on any atom is 0.126 e. The van der Waals surface area contributed by atoms with Gasteiger partial charge in [-0.2, -0.15) is 0 Å². The Morgan fingerprint density at radius 3 is 1.04 bits per heavy atom. The first-order valence-corrected chi connectivity index (χ1v) is 11.3. The molecule has 0 aliphatic carbocycles. The van der Waals surface area contributed by atoms with E-state index in [1.807, 2.05) is 0 Å². The first-order valence-electron chi connectivity index (χ1n) is 11.3. The van der Waals surface area contributed by atoms with Crippen molar-refractivity contribution in [3.63, 3.8) is 0 Å². The van der Waals surface area contributed by atoms with Crippen LogP contribution in [0.5, 0.6) is 0 Å². The molecule has 152 valence electrons. The van der Waals surface area contributed by atoms with Crippen LogP contribution in [0.1, 0.15) is 130 Å². The number of nitrogens with one attached hydrogen (secondary N) is 1. The number of carbonyl (C=O) groups is 1. The molecule has 0 heterocycles. The van der Waals surface area contributed by atoms with Crippen LogP contribution < -0.4 is 5.32 Å². The molecule has 2 heteroatoms. The van der Waals surface area contributed by atoms with E-state index < -0.39 is 0 Å². The quantitative estimate of drug-likeness (QED) is 0.259. The van der Waals surface area contributed by atoms with E-state index in [4.69, 9.17) is 0 Å². The fourth-order valence-corrected chi connectivity index (χ4v) is 2.89. The van der Waals surface area contributed by atoms with Crippen LogP contribution in [0.4, 0.5) is 0 Å². The maximum atomic E-state index is 9.44. The molecule has 0 aliphatic rings. The van der Waals surface area contributed by atoms with Gasteiger partial charge >= 0.3 is 0 Å². The zero-order valence-corrected chi connectivity index (χ0v) is 18.1. The average Bonchev–Trinajstić information content (AvgIpc) is 2.57. The van der Waals surface area contributed by atoms with E-state index in [9.17, 15) is 4.79 Å². The molecule has 1 N–H and O–H groups in total. The second-order valence-electron chi connectivity index (χ2n) is 7.61. The molecule has 0 saturated heterocycles. The molecule has 0 radical (unpaired) electrons. The highest BCUT2D eigenvalue weighted by molar-refractivity contribution is 5.72. The van der Waals surface area contributed by atoms with Gasteiger partial charge in [-0.1, -0.05) is 104 Å². The minimum atomic E-state index is 0.167. The van der Waals surface area contributed by atoms with Crippen molar-refractivity contribution in [2.24, 2.45) is 0 Å². The lowest BCUT2D eigenvalue weighted by Crippen LogP contribution is -2.16. The smallest absolute Gasteiger partial charge is 0.126 e.